The molecule has 7 heteroatoms. The van der Waals surface area contributed by atoms with Gasteiger partial charge in [0.15, 0.2) is 5.16 Å². The van der Waals surface area contributed by atoms with Crippen molar-refractivity contribution in [3.8, 4) is 0 Å². The van der Waals surface area contributed by atoms with Gasteiger partial charge >= 0.3 is 0 Å². The number of aryl methyl sites for hydroxylation is 1. The second-order valence-electron chi connectivity index (χ2n) is 3.50. The molecule has 0 saturated heterocycles. The SMILES string of the molecule is Cc1nnc(Sc2cc(F)c(Br)cc2N)n1C. The fourth-order valence-electron chi connectivity index (χ4n) is 1.21. The van der Waals surface area contributed by atoms with Crippen LogP contribution < -0.4 is 5.73 Å². The molecule has 4 nitrogen and oxygen atoms in total. The monoisotopic (exact) mass is 316 g/mol. The van der Waals surface area contributed by atoms with E-state index < -0.39 is 0 Å². The summed E-state index contributed by atoms with van der Waals surface area (Å²) in [6.45, 7) is 1.85. The number of aromatic nitrogens is 3. The topological polar surface area (TPSA) is 56.7 Å². The van der Waals surface area contributed by atoms with Gasteiger partial charge in [0.1, 0.15) is 11.6 Å². The number of halogens is 2. The molecule has 2 N–H and O–H groups in total. The average molecular weight is 317 g/mol. The Bertz CT molecular complexity index is 570. The minimum atomic E-state index is -0.347. The maximum atomic E-state index is 13.4. The molecule has 17 heavy (non-hydrogen) atoms. The molecule has 0 aliphatic heterocycles. The van der Waals surface area contributed by atoms with E-state index in [1.54, 1.807) is 6.07 Å². The maximum absolute atomic E-state index is 13.4. The lowest BCUT2D eigenvalue weighted by molar-refractivity contribution is 0.618. The van der Waals surface area contributed by atoms with Crippen LogP contribution in [-0.4, -0.2) is 14.8 Å². The molecule has 90 valence electrons. The van der Waals surface area contributed by atoms with E-state index in [9.17, 15) is 4.39 Å². The lowest BCUT2D eigenvalue weighted by Gasteiger charge is -2.06. The summed E-state index contributed by atoms with van der Waals surface area (Å²) in [5.41, 5.74) is 6.32. The first kappa shape index (κ1) is 12.4. The van der Waals surface area contributed by atoms with Gasteiger partial charge in [-0.1, -0.05) is 0 Å². The van der Waals surface area contributed by atoms with E-state index in [1.807, 2.05) is 18.5 Å². The summed E-state index contributed by atoms with van der Waals surface area (Å²) in [5, 5.41) is 8.60. The predicted octanol–water partition coefficient (Wildman–Crippen LogP) is 2.76. The van der Waals surface area contributed by atoms with Gasteiger partial charge in [0.05, 0.1) is 4.47 Å². The molecule has 0 unspecified atom stereocenters. The minimum absolute atomic E-state index is 0.347. The van der Waals surface area contributed by atoms with Crippen molar-refractivity contribution in [2.24, 2.45) is 7.05 Å². The summed E-state index contributed by atoms with van der Waals surface area (Å²) in [5.74, 6) is 0.448. The first-order valence-corrected chi connectivity index (χ1v) is 6.38. The maximum Gasteiger partial charge on any atom is 0.195 e. The highest BCUT2D eigenvalue weighted by molar-refractivity contribution is 9.10. The molecular weight excluding hydrogens is 307 g/mol. The van der Waals surface area contributed by atoms with Gasteiger partial charge in [0.2, 0.25) is 0 Å². The quantitative estimate of drug-likeness (QED) is 0.865. The average Bonchev–Trinajstić information content (AvgIpc) is 2.58. The summed E-state index contributed by atoms with van der Waals surface area (Å²) in [6, 6.07) is 2.93. The third-order valence-corrected chi connectivity index (χ3v) is 4.03. The first-order chi connectivity index (χ1) is 7.99. The Morgan fingerprint density at radius 1 is 1.41 bits per heavy atom. The normalized spacial score (nSPS) is 10.8. The Balaban J connectivity index is 2.36. The van der Waals surface area contributed by atoms with Crippen LogP contribution >= 0.6 is 27.7 Å². The molecule has 0 fully saturated rings. The van der Waals surface area contributed by atoms with Crippen molar-refractivity contribution >= 4 is 33.4 Å². The van der Waals surface area contributed by atoms with Gasteiger partial charge in [-0.15, -0.1) is 10.2 Å². The third kappa shape index (κ3) is 2.44. The molecule has 1 heterocycles. The molecular formula is C10H10BrFN4S. The molecule has 1 aromatic carbocycles. The van der Waals surface area contributed by atoms with Crippen molar-refractivity contribution in [1.82, 2.24) is 14.8 Å². The summed E-state index contributed by atoms with van der Waals surface area (Å²) in [7, 11) is 1.85. The summed E-state index contributed by atoms with van der Waals surface area (Å²) < 4.78 is 15.6. The number of anilines is 1. The number of nitrogen functional groups attached to an aromatic ring is 1. The molecule has 0 spiro atoms. The zero-order chi connectivity index (χ0) is 12.6. The van der Waals surface area contributed by atoms with Crippen LogP contribution in [0.25, 0.3) is 0 Å². The molecule has 2 aromatic rings. The lowest BCUT2D eigenvalue weighted by Crippen LogP contribution is -1.95. The van der Waals surface area contributed by atoms with E-state index in [1.165, 1.54) is 17.8 Å². The highest BCUT2D eigenvalue weighted by atomic mass is 79.9. The summed E-state index contributed by atoms with van der Waals surface area (Å²) in [4.78, 5) is 0.626. The zero-order valence-electron chi connectivity index (χ0n) is 9.24. The number of rotatable bonds is 2. The van der Waals surface area contributed by atoms with Crippen molar-refractivity contribution in [2.45, 2.75) is 17.0 Å². The van der Waals surface area contributed by atoms with Gasteiger partial charge in [-0.2, -0.15) is 0 Å². The fraction of sp³-hybridized carbons (Fsp3) is 0.200. The Kier molecular flexibility index (Phi) is 3.39. The van der Waals surface area contributed by atoms with E-state index in [4.69, 9.17) is 5.73 Å². The van der Waals surface area contributed by atoms with E-state index in [2.05, 4.69) is 26.1 Å². The number of hydrogen-bond donors (Lipinski definition) is 1. The number of hydrogen-bond acceptors (Lipinski definition) is 4. The van der Waals surface area contributed by atoms with Gasteiger partial charge < -0.3 is 10.3 Å². The third-order valence-electron chi connectivity index (χ3n) is 2.31. The molecule has 0 atom stereocenters. The molecule has 0 saturated carbocycles. The zero-order valence-corrected chi connectivity index (χ0v) is 11.6. The van der Waals surface area contributed by atoms with Crippen LogP contribution in [0, 0.1) is 12.7 Å². The van der Waals surface area contributed by atoms with Crippen LogP contribution in [0.15, 0.2) is 26.7 Å². The van der Waals surface area contributed by atoms with Crippen molar-refractivity contribution in [1.29, 1.82) is 0 Å². The van der Waals surface area contributed by atoms with Crippen LogP contribution in [0.4, 0.5) is 10.1 Å². The van der Waals surface area contributed by atoms with Crippen molar-refractivity contribution in [3.05, 3.63) is 28.2 Å². The number of nitrogens with zero attached hydrogens (tertiary/aromatic N) is 3. The van der Waals surface area contributed by atoms with Crippen LogP contribution in [0.3, 0.4) is 0 Å². The fourth-order valence-corrected chi connectivity index (χ4v) is 2.45. The van der Waals surface area contributed by atoms with Gasteiger partial charge in [-0.25, -0.2) is 4.39 Å². The molecule has 2 rings (SSSR count). The van der Waals surface area contributed by atoms with Crippen molar-refractivity contribution in [3.63, 3.8) is 0 Å². The smallest absolute Gasteiger partial charge is 0.195 e. The van der Waals surface area contributed by atoms with Crippen molar-refractivity contribution in [2.75, 3.05) is 5.73 Å². The van der Waals surface area contributed by atoms with E-state index in [-0.39, 0.29) is 5.82 Å². The Morgan fingerprint density at radius 2 is 2.12 bits per heavy atom. The van der Waals surface area contributed by atoms with Gasteiger partial charge in [0.25, 0.3) is 0 Å². The van der Waals surface area contributed by atoms with E-state index in [0.29, 0.717) is 20.2 Å². The molecule has 0 aliphatic carbocycles. The van der Waals surface area contributed by atoms with Gasteiger partial charge in [-0.3, -0.25) is 0 Å². The molecule has 0 radical (unpaired) electrons. The standard InChI is InChI=1S/C10H10BrFN4S/c1-5-14-15-10(16(5)2)17-9-4-7(12)6(11)3-8(9)13/h3-4H,13H2,1-2H3. The van der Waals surface area contributed by atoms with Crippen LogP contribution in [0.1, 0.15) is 5.82 Å². The molecule has 0 aliphatic rings. The molecule has 1 aromatic heterocycles. The largest absolute Gasteiger partial charge is 0.398 e. The molecule has 0 bridgehead atoms. The van der Waals surface area contributed by atoms with Gasteiger partial charge in [0, 0.05) is 17.6 Å². The number of nitrogens with two attached hydrogens (primary N) is 1. The Morgan fingerprint density at radius 3 is 2.71 bits per heavy atom. The second-order valence-corrected chi connectivity index (χ2v) is 5.36. The van der Waals surface area contributed by atoms with Crippen molar-refractivity contribution < 1.29 is 4.39 Å². The lowest BCUT2D eigenvalue weighted by atomic mass is 10.3. The Labute approximate surface area is 111 Å². The first-order valence-electron chi connectivity index (χ1n) is 4.77. The minimum Gasteiger partial charge on any atom is -0.398 e. The van der Waals surface area contributed by atoms with E-state index >= 15 is 0 Å². The highest BCUT2D eigenvalue weighted by Gasteiger charge is 2.11. The van der Waals surface area contributed by atoms with Crippen LogP contribution in [0.5, 0.6) is 0 Å². The van der Waals surface area contributed by atoms with Gasteiger partial charge in [-0.05, 0) is 46.7 Å². The summed E-state index contributed by atoms with van der Waals surface area (Å²) >= 11 is 4.37. The van der Waals surface area contributed by atoms with E-state index in [0.717, 1.165) is 5.82 Å². The summed E-state index contributed by atoms with van der Waals surface area (Å²) in [6.07, 6.45) is 0. The highest BCUT2D eigenvalue weighted by Crippen LogP contribution is 2.34. The second kappa shape index (κ2) is 4.66. The Hall–Kier alpha value is -1.08. The van der Waals surface area contributed by atoms with Crippen LogP contribution in [0.2, 0.25) is 0 Å². The van der Waals surface area contributed by atoms with Crippen LogP contribution in [-0.2, 0) is 7.05 Å². The number of benzene rings is 1. The predicted molar refractivity (Wildman–Crippen MR) is 68.4 cm³/mol. The molecule has 0 amide bonds.